The van der Waals surface area contributed by atoms with Gasteiger partial charge in [-0.05, 0) is 24.6 Å². The molecule has 7 nitrogen and oxygen atoms in total. The second-order valence-corrected chi connectivity index (χ2v) is 5.70. The summed E-state index contributed by atoms with van der Waals surface area (Å²) in [5.74, 6) is -1.35. The van der Waals surface area contributed by atoms with E-state index in [9.17, 15) is 9.18 Å². The third-order valence-corrected chi connectivity index (χ3v) is 4.21. The Morgan fingerprint density at radius 2 is 1.96 bits per heavy atom. The molecule has 0 bridgehead atoms. The van der Waals surface area contributed by atoms with E-state index in [2.05, 4.69) is 20.2 Å². The summed E-state index contributed by atoms with van der Waals surface area (Å²) in [5.41, 5.74) is 15.0. The number of nitrogens with one attached hydrogen (secondary N) is 1. The van der Waals surface area contributed by atoms with Gasteiger partial charge in [-0.2, -0.15) is 4.39 Å². The summed E-state index contributed by atoms with van der Waals surface area (Å²) in [6, 6.07) is 5.03. The number of aromatic amines is 1. The Morgan fingerprint density at radius 1 is 1.20 bits per heavy atom. The van der Waals surface area contributed by atoms with Crippen LogP contribution in [0.15, 0.2) is 30.6 Å². The van der Waals surface area contributed by atoms with Gasteiger partial charge in [0.05, 0.1) is 33.2 Å². The number of hydrogen-bond donors (Lipinski definition) is 3. The highest BCUT2D eigenvalue weighted by Crippen LogP contribution is 2.40. The lowest BCUT2D eigenvalue weighted by Crippen LogP contribution is -2.15. The average Bonchev–Trinajstić information content (AvgIpc) is 2.96. The number of primary amides is 1. The molecule has 124 valence electrons. The summed E-state index contributed by atoms with van der Waals surface area (Å²) in [4.78, 5) is 20.4. The number of fused-ring (bicyclic) bond motifs is 2. The molecular weight excluding hydrogens is 323 g/mol. The maximum atomic E-state index is 14.4. The zero-order valence-electron chi connectivity index (χ0n) is 13.2. The molecule has 0 saturated heterocycles. The fourth-order valence-electron chi connectivity index (χ4n) is 3.08. The Labute approximate surface area is 140 Å². The largest absolute Gasteiger partial charge is 0.398 e. The van der Waals surface area contributed by atoms with E-state index < -0.39 is 11.9 Å². The van der Waals surface area contributed by atoms with E-state index in [0.29, 0.717) is 27.7 Å². The van der Waals surface area contributed by atoms with Gasteiger partial charge in [0.25, 0.3) is 5.91 Å². The molecule has 5 N–H and O–H groups in total. The molecule has 2 aromatic heterocycles. The number of nitrogens with zero attached hydrogens (tertiary/aromatic N) is 3. The molecule has 0 radical (unpaired) electrons. The zero-order valence-corrected chi connectivity index (χ0v) is 13.2. The first-order chi connectivity index (χ1) is 12.0. The SMILES string of the molecule is Cc1ccc2[nH]nc(F)c2c1-c1c(N)c(C(N)=O)cc2nccnc12. The van der Waals surface area contributed by atoms with Crippen LogP contribution in [0, 0.1) is 12.9 Å². The molecule has 1 amide bonds. The van der Waals surface area contributed by atoms with Gasteiger partial charge in [-0.1, -0.05) is 6.07 Å². The molecule has 0 unspecified atom stereocenters. The van der Waals surface area contributed by atoms with E-state index >= 15 is 0 Å². The smallest absolute Gasteiger partial charge is 0.250 e. The fourth-order valence-corrected chi connectivity index (χ4v) is 3.08. The molecule has 0 spiro atoms. The van der Waals surface area contributed by atoms with Crippen molar-refractivity contribution in [3.05, 3.63) is 47.7 Å². The quantitative estimate of drug-likeness (QED) is 0.485. The summed E-state index contributed by atoms with van der Waals surface area (Å²) in [6.45, 7) is 1.82. The molecule has 8 heteroatoms. The maximum Gasteiger partial charge on any atom is 0.250 e. The van der Waals surface area contributed by atoms with Gasteiger partial charge in [0.2, 0.25) is 5.95 Å². The first-order valence-electron chi connectivity index (χ1n) is 7.45. The van der Waals surface area contributed by atoms with Crippen LogP contribution in [-0.2, 0) is 0 Å². The highest BCUT2D eigenvalue weighted by Gasteiger charge is 2.22. The normalized spacial score (nSPS) is 11.3. The van der Waals surface area contributed by atoms with Crippen molar-refractivity contribution in [3.8, 4) is 11.1 Å². The lowest BCUT2D eigenvalue weighted by molar-refractivity contribution is 0.100. The van der Waals surface area contributed by atoms with Gasteiger partial charge in [0, 0.05) is 23.5 Å². The number of rotatable bonds is 2. The number of aryl methyl sites for hydroxylation is 1. The number of carbonyl (C=O) groups excluding carboxylic acids is 1. The Bertz CT molecular complexity index is 1170. The van der Waals surface area contributed by atoms with Crippen LogP contribution in [0.2, 0.25) is 0 Å². The van der Waals surface area contributed by atoms with Crippen LogP contribution in [-0.4, -0.2) is 26.1 Å². The van der Waals surface area contributed by atoms with Gasteiger partial charge >= 0.3 is 0 Å². The van der Waals surface area contributed by atoms with Crippen LogP contribution < -0.4 is 11.5 Å². The molecule has 0 aliphatic heterocycles. The molecule has 0 aliphatic carbocycles. The number of aromatic nitrogens is 4. The minimum absolute atomic E-state index is 0.114. The molecule has 2 heterocycles. The number of halogens is 1. The average molecular weight is 336 g/mol. The fraction of sp³-hybridized carbons (Fsp3) is 0.0588. The van der Waals surface area contributed by atoms with Crippen molar-refractivity contribution in [2.24, 2.45) is 5.73 Å². The van der Waals surface area contributed by atoms with E-state index in [0.717, 1.165) is 5.56 Å². The Hall–Kier alpha value is -3.55. The summed E-state index contributed by atoms with van der Waals surface area (Å²) < 4.78 is 14.4. The van der Waals surface area contributed by atoms with E-state index in [1.807, 2.05) is 13.0 Å². The Morgan fingerprint density at radius 3 is 2.72 bits per heavy atom. The zero-order chi connectivity index (χ0) is 17.7. The third kappa shape index (κ3) is 2.11. The van der Waals surface area contributed by atoms with Crippen molar-refractivity contribution in [2.45, 2.75) is 6.92 Å². The van der Waals surface area contributed by atoms with Crippen LogP contribution in [0.3, 0.4) is 0 Å². The van der Waals surface area contributed by atoms with Gasteiger partial charge < -0.3 is 11.5 Å². The number of hydrogen-bond acceptors (Lipinski definition) is 5. The number of anilines is 1. The van der Waals surface area contributed by atoms with Crippen molar-refractivity contribution in [1.82, 2.24) is 20.2 Å². The van der Waals surface area contributed by atoms with E-state index in [1.165, 1.54) is 18.5 Å². The molecule has 2 aromatic carbocycles. The van der Waals surface area contributed by atoms with Crippen molar-refractivity contribution in [3.63, 3.8) is 0 Å². The van der Waals surface area contributed by atoms with E-state index in [1.54, 1.807) is 6.07 Å². The number of amides is 1. The number of H-pyrrole nitrogens is 1. The van der Waals surface area contributed by atoms with Crippen molar-refractivity contribution >= 4 is 33.5 Å². The number of nitrogen functional groups attached to an aromatic ring is 1. The molecule has 0 aliphatic rings. The summed E-state index contributed by atoms with van der Waals surface area (Å²) in [7, 11) is 0. The minimum Gasteiger partial charge on any atom is -0.398 e. The van der Waals surface area contributed by atoms with E-state index in [4.69, 9.17) is 11.5 Å². The maximum absolute atomic E-state index is 14.4. The lowest BCUT2D eigenvalue weighted by Gasteiger charge is -2.15. The highest BCUT2D eigenvalue weighted by molar-refractivity contribution is 6.13. The van der Waals surface area contributed by atoms with E-state index in [-0.39, 0.29) is 16.6 Å². The standard InChI is InChI=1S/C17H13FN6O/c1-7-2-3-9-12(16(18)24-23-9)11(7)13-14(19)8(17(20)25)6-10-15(13)22-5-4-21-10/h2-6H,19H2,1H3,(H2,20,25)(H,23,24). The molecule has 25 heavy (non-hydrogen) atoms. The van der Waals surface area contributed by atoms with Crippen LogP contribution >= 0.6 is 0 Å². The van der Waals surface area contributed by atoms with Crippen LogP contribution in [0.5, 0.6) is 0 Å². The molecule has 4 aromatic rings. The first kappa shape index (κ1) is 15.0. The predicted octanol–water partition coefficient (Wildman–Crippen LogP) is 2.30. The van der Waals surface area contributed by atoms with Crippen LogP contribution in [0.25, 0.3) is 33.1 Å². The highest BCUT2D eigenvalue weighted by atomic mass is 19.1. The lowest BCUT2D eigenvalue weighted by atomic mass is 9.92. The molecule has 0 saturated carbocycles. The second kappa shape index (κ2) is 5.23. The van der Waals surface area contributed by atoms with Crippen molar-refractivity contribution in [1.29, 1.82) is 0 Å². The van der Waals surface area contributed by atoms with Gasteiger partial charge in [0.1, 0.15) is 0 Å². The number of nitrogens with two attached hydrogens (primary N) is 2. The van der Waals surface area contributed by atoms with Crippen molar-refractivity contribution in [2.75, 3.05) is 5.73 Å². The van der Waals surface area contributed by atoms with Crippen molar-refractivity contribution < 1.29 is 9.18 Å². The van der Waals surface area contributed by atoms with Crippen LogP contribution in [0.4, 0.5) is 10.1 Å². The van der Waals surface area contributed by atoms with Gasteiger partial charge in [-0.25, -0.2) is 0 Å². The van der Waals surface area contributed by atoms with Gasteiger partial charge in [-0.15, -0.1) is 5.10 Å². The predicted molar refractivity (Wildman–Crippen MR) is 92.3 cm³/mol. The third-order valence-electron chi connectivity index (χ3n) is 4.21. The molecule has 0 atom stereocenters. The Kier molecular flexibility index (Phi) is 3.14. The minimum atomic E-state index is -0.691. The van der Waals surface area contributed by atoms with Gasteiger partial charge in [-0.3, -0.25) is 19.9 Å². The van der Waals surface area contributed by atoms with Crippen LogP contribution in [0.1, 0.15) is 15.9 Å². The summed E-state index contributed by atoms with van der Waals surface area (Å²) >= 11 is 0. The topological polar surface area (TPSA) is 124 Å². The Balaban J connectivity index is 2.26. The molecule has 0 fully saturated rings. The number of benzene rings is 2. The molecular formula is C17H13FN6O. The second-order valence-electron chi connectivity index (χ2n) is 5.70. The van der Waals surface area contributed by atoms with Gasteiger partial charge in [0.15, 0.2) is 0 Å². The summed E-state index contributed by atoms with van der Waals surface area (Å²) in [5, 5.41) is 6.54. The number of carbonyl (C=O) groups is 1. The summed E-state index contributed by atoms with van der Waals surface area (Å²) in [6.07, 6.45) is 3.01. The molecule has 4 rings (SSSR count). The first-order valence-corrected chi connectivity index (χ1v) is 7.45. The monoisotopic (exact) mass is 336 g/mol.